The van der Waals surface area contributed by atoms with Gasteiger partial charge >= 0.3 is 0 Å². The minimum atomic E-state index is -0.351. The van der Waals surface area contributed by atoms with Gasteiger partial charge in [-0.05, 0) is 18.2 Å². The molecular formula is C18H9N3O2S2. The van der Waals surface area contributed by atoms with E-state index in [4.69, 9.17) is 0 Å². The van der Waals surface area contributed by atoms with E-state index in [9.17, 15) is 10.1 Å². The predicted octanol–water partition coefficient (Wildman–Crippen LogP) is 5.63. The number of hydrogen-bond donors (Lipinski definition) is 0. The minimum absolute atomic E-state index is 0.0808. The summed E-state index contributed by atoms with van der Waals surface area (Å²) in [5.74, 6) is 0. The molecule has 3 aromatic carbocycles. The van der Waals surface area contributed by atoms with Crippen molar-refractivity contribution in [2.24, 2.45) is 0 Å². The second-order valence-electron chi connectivity index (χ2n) is 5.63. The van der Waals surface area contributed by atoms with Crippen LogP contribution in [0.15, 0.2) is 54.6 Å². The van der Waals surface area contributed by atoms with Gasteiger partial charge in [-0.1, -0.05) is 30.3 Å². The molecule has 120 valence electrons. The summed E-state index contributed by atoms with van der Waals surface area (Å²) in [5.41, 5.74) is 2.94. The molecule has 0 amide bonds. The molecule has 25 heavy (non-hydrogen) atoms. The van der Waals surface area contributed by atoms with Gasteiger partial charge in [-0.15, -0.1) is 11.3 Å². The molecule has 2 heterocycles. The lowest BCUT2D eigenvalue weighted by molar-refractivity contribution is -0.384. The molecule has 0 unspecified atom stereocenters. The molecule has 0 saturated heterocycles. The van der Waals surface area contributed by atoms with E-state index < -0.39 is 0 Å². The average Bonchev–Trinajstić information content (AvgIpc) is 3.24. The van der Waals surface area contributed by atoms with Crippen molar-refractivity contribution in [3.8, 4) is 11.1 Å². The Balaban J connectivity index is 1.96. The second-order valence-corrected chi connectivity index (χ2v) is 7.24. The molecular weight excluding hydrogens is 354 g/mol. The highest BCUT2D eigenvalue weighted by atomic mass is 32.1. The molecule has 0 bridgehead atoms. The molecule has 0 N–H and O–H groups in total. The highest BCUT2D eigenvalue weighted by Gasteiger charge is 2.21. The van der Waals surface area contributed by atoms with E-state index in [0.717, 1.165) is 43.8 Å². The Bertz CT molecular complexity index is 1290. The maximum atomic E-state index is 11.4. The van der Waals surface area contributed by atoms with Crippen LogP contribution in [0.5, 0.6) is 0 Å². The maximum absolute atomic E-state index is 11.4. The van der Waals surface area contributed by atoms with Gasteiger partial charge in [-0.25, -0.2) is 0 Å². The number of benzene rings is 3. The van der Waals surface area contributed by atoms with Gasteiger partial charge in [0.15, 0.2) is 0 Å². The molecule has 0 saturated carbocycles. The van der Waals surface area contributed by atoms with Crippen molar-refractivity contribution in [3.05, 3.63) is 64.7 Å². The Kier molecular flexibility index (Phi) is 3.06. The van der Waals surface area contributed by atoms with Crippen LogP contribution in [0, 0.1) is 10.1 Å². The van der Waals surface area contributed by atoms with E-state index in [1.54, 1.807) is 23.5 Å². The number of nitrogens with zero attached hydrogens (tertiary/aromatic N) is 3. The number of aromatic nitrogens is 2. The Morgan fingerprint density at radius 2 is 1.64 bits per heavy atom. The number of thiophene rings is 1. The van der Waals surface area contributed by atoms with Crippen molar-refractivity contribution in [3.63, 3.8) is 0 Å². The van der Waals surface area contributed by atoms with Crippen LogP contribution in [-0.2, 0) is 0 Å². The van der Waals surface area contributed by atoms with Gasteiger partial charge in [0.05, 0.1) is 22.2 Å². The van der Waals surface area contributed by atoms with E-state index >= 15 is 0 Å². The highest BCUT2D eigenvalue weighted by Crippen LogP contribution is 2.43. The summed E-state index contributed by atoms with van der Waals surface area (Å²) in [4.78, 5) is 11.1. The van der Waals surface area contributed by atoms with E-state index in [-0.39, 0.29) is 10.6 Å². The van der Waals surface area contributed by atoms with Gasteiger partial charge < -0.3 is 0 Å². The largest absolute Gasteiger partial charge is 0.277 e. The molecule has 7 heteroatoms. The number of nitro groups is 1. The molecule has 0 fully saturated rings. The van der Waals surface area contributed by atoms with Gasteiger partial charge in [-0.3, -0.25) is 10.1 Å². The summed E-state index contributed by atoms with van der Waals surface area (Å²) >= 11 is 2.81. The quantitative estimate of drug-likeness (QED) is 0.301. The zero-order valence-electron chi connectivity index (χ0n) is 12.7. The first-order chi connectivity index (χ1) is 12.2. The second kappa shape index (κ2) is 5.30. The topological polar surface area (TPSA) is 68.9 Å². The van der Waals surface area contributed by atoms with Crippen LogP contribution in [0.3, 0.4) is 0 Å². The normalized spacial score (nSPS) is 11.5. The van der Waals surface area contributed by atoms with Gasteiger partial charge in [0.25, 0.3) is 5.69 Å². The summed E-state index contributed by atoms with van der Waals surface area (Å²) in [6, 6.07) is 17.0. The number of rotatable bonds is 2. The molecule has 5 rings (SSSR count). The standard InChI is InChI=1S/C18H9N3O2S2/c22-21(23)13-7-3-1-5-10(13)12-9-15-16(18-17(12)19-25-20-18)11-6-2-4-8-14(11)24-15/h1-9H. The van der Waals surface area contributed by atoms with Crippen molar-refractivity contribution in [2.45, 2.75) is 0 Å². The first-order valence-electron chi connectivity index (χ1n) is 7.54. The molecule has 0 atom stereocenters. The zero-order chi connectivity index (χ0) is 17.0. The number of hydrogen-bond acceptors (Lipinski definition) is 6. The van der Waals surface area contributed by atoms with Crippen molar-refractivity contribution in [1.82, 2.24) is 8.75 Å². The van der Waals surface area contributed by atoms with E-state index in [2.05, 4.69) is 20.9 Å². The number of fused-ring (bicyclic) bond motifs is 5. The first kappa shape index (κ1) is 14.4. The van der Waals surface area contributed by atoms with Crippen LogP contribution in [0.4, 0.5) is 5.69 Å². The summed E-state index contributed by atoms with van der Waals surface area (Å²) in [5, 5.41) is 13.7. The highest BCUT2D eigenvalue weighted by molar-refractivity contribution is 7.26. The van der Waals surface area contributed by atoms with E-state index in [1.165, 1.54) is 10.8 Å². The van der Waals surface area contributed by atoms with Crippen LogP contribution in [0.2, 0.25) is 0 Å². The van der Waals surface area contributed by atoms with Crippen LogP contribution in [0.25, 0.3) is 42.3 Å². The van der Waals surface area contributed by atoms with Crippen molar-refractivity contribution in [2.75, 3.05) is 0 Å². The van der Waals surface area contributed by atoms with Crippen LogP contribution >= 0.6 is 23.1 Å². The Hall–Kier alpha value is -2.90. The van der Waals surface area contributed by atoms with E-state index in [1.807, 2.05) is 24.3 Å². The fourth-order valence-electron chi connectivity index (χ4n) is 3.20. The Morgan fingerprint density at radius 1 is 0.880 bits per heavy atom. The summed E-state index contributed by atoms with van der Waals surface area (Å²) in [7, 11) is 0. The van der Waals surface area contributed by atoms with Gasteiger partial charge in [-0.2, -0.15) is 8.75 Å². The van der Waals surface area contributed by atoms with Crippen molar-refractivity contribution >= 4 is 60.0 Å². The minimum Gasteiger partial charge on any atom is -0.258 e. The molecule has 2 aromatic heterocycles. The van der Waals surface area contributed by atoms with Gasteiger partial charge in [0.1, 0.15) is 11.0 Å². The van der Waals surface area contributed by atoms with Crippen molar-refractivity contribution in [1.29, 1.82) is 0 Å². The van der Waals surface area contributed by atoms with Crippen LogP contribution in [-0.4, -0.2) is 13.7 Å². The lowest BCUT2D eigenvalue weighted by Gasteiger charge is -2.05. The Labute approximate surface area is 149 Å². The number of para-hydroxylation sites is 1. The first-order valence-corrected chi connectivity index (χ1v) is 9.09. The monoisotopic (exact) mass is 363 g/mol. The van der Waals surface area contributed by atoms with Crippen LogP contribution in [0.1, 0.15) is 0 Å². The lowest BCUT2D eigenvalue weighted by Crippen LogP contribution is -1.92. The molecule has 5 aromatic rings. The molecule has 0 aliphatic heterocycles. The predicted molar refractivity (Wildman–Crippen MR) is 102 cm³/mol. The van der Waals surface area contributed by atoms with E-state index in [0.29, 0.717) is 5.56 Å². The third kappa shape index (κ3) is 2.06. The molecule has 0 aliphatic rings. The summed E-state index contributed by atoms with van der Waals surface area (Å²) < 4.78 is 11.2. The molecule has 0 radical (unpaired) electrons. The average molecular weight is 363 g/mol. The zero-order valence-corrected chi connectivity index (χ0v) is 14.3. The Morgan fingerprint density at radius 3 is 2.52 bits per heavy atom. The van der Waals surface area contributed by atoms with Gasteiger partial charge in [0, 0.05) is 31.8 Å². The SMILES string of the molecule is O=[N+]([O-])c1ccccc1-c1cc2sc3ccccc3c2c2nsnc12. The molecule has 0 aliphatic carbocycles. The summed E-state index contributed by atoms with van der Waals surface area (Å²) in [6.07, 6.45) is 0. The smallest absolute Gasteiger partial charge is 0.258 e. The third-order valence-corrected chi connectivity index (χ3v) is 5.92. The van der Waals surface area contributed by atoms with Crippen molar-refractivity contribution < 1.29 is 4.92 Å². The summed E-state index contributed by atoms with van der Waals surface area (Å²) in [6.45, 7) is 0. The maximum Gasteiger partial charge on any atom is 0.277 e. The van der Waals surface area contributed by atoms with Crippen LogP contribution < -0.4 is 0 Å². The fraction of sp³-hybridized carbons (Fsp3) is 0. The third-order valence-electron chi connectivity index (χ3n) is 4.27. The lowest BCUT2D eigenvalue weighted by atomic mass is 10.00. The number of nitro benzene ring substituents is 1. The fourth-order valence-corrected chi connectivity index (χ4v) is 4.92. The van der Waals surface area contributed by atoms with Gasteiger partial charge in [0.2, 0.25) is 0 Å². The molecule has 5 nitrogen and oxygen atoms in total. The molecule has 0 spiro atoms.